The van der Waals surface area contributed by atoms with Crippen molar-refractivity contribution >= 4 is 11.9 Å². The van der Waals surface area contributed by atoms with Crippen molar-refractivity contribution in [3.8, 4) is 0 Å². The van der Waals surface area contributed by atoms with E-state index in [2.05, 4.69) is 9.68 Å². The maximum Gasteiger partial charge on any atom is 0.374 e. The second kappa shape index (κ2) is 5.83. The Labute approximate surface area is 109 Å². The minimum absolute atomic E-state index is 0.0158. The number of nitrogens with zero attached hydrogens (tertiary/aromatic N) is 2. The number of piperidine rings is 1. The largest absolute Gasteiger partial charge is 0.475 e. The molecule has 104 valence electrons. The van der Waals surface area contributed by atoms with Gasteiger partial charge in [0, 0.05) is 25.8 Å². The van der Waals surface area contributed by atoms with Crippen LogP contribution in [0.1, 0.15) is 40.3 Å². The Balaban J connectivity index is 2.03. The van der Waals surface area contributed by atoms with Gasteiger partial charge in [0.25, 0.3) is 5.91 Å². The van der Waals surface area contributed by atoms with E-state index in [1.165, 1.54) is 0 Å². The Kier molecular flexibility index (Phi) is 4.16. The van der Waals surface area contributed by atoms with E-state index in [-0.39, 0.29) is 29.9 Å². The summed E-state index contributed by atoms with van der Waals surface area (Å²) >= 11 is 0. The number of carbonyl (C=O) groups is 2. The average Bonchev–Trinajstić information content (AvgIpc) is 2.88. The molecule has 2 heterocycles. The highest BCUT2D eigenvalue weighted by Crippen LogP contribution is 2.21. The predicted octanol–water partition coefficient (Wildman–Crippen LogP) is 0.607. The van der Waals surface area contributed by atoms with Crippen LogP contribution in [0.5, 0.6) is 0 Å². The molecule has 0 radical (unpaired) electrons. The minimum atomic E-state index is -1.25. The molecule has 0 spiro atoms. The summed E-state index contributed by atoms with van der Waals surface area (Å²) in [6, 6.07) is 1.14. The Morgan fingerprint density at radius 2 is 2.32 bits per heavy atom. The summed E-state index contributed by atoms with van der Waals surface area (Å²) in [5.41, 5.74) is 0.0158. The number of aliphatic hydroxyl groups excluding tert-OH is 1. The zero-order valence-electron chi connectivity index (χ0n) is 10.4. The molecule has 0 aliphatic carbocycles. The number of hydrogen-bond donors (Lipinski definition) is 2. The number of amides is 1. The van der Waals surface area contributed by atoms with Gasteiger partial charge >= 0.3 is 5.97 Å². The molecule has 0 aromatic carbocycles. The summed E-state index contributed by atoms with van der Waals surface area (Å²) in [6.07, 6.45) is 2.53. The van der Waals surface area contributed by atoms with Crippen molar-refractivity contribution in [1.82, 2.24) is 10.1 Å². The van der Waals surface area contributed by atoms with Gasteiger partial charge in [0.15, 0.2) is 5.69 Å². The van der Waals surface area contributed by atoms with E-state index in [1.54, 1.807) is 4.90 Å². The molecule has 1 unspecified atom stereocenters. The summed E-state index contributed by atoms with van der Waals surface area (Å²) in [5.74, 6) is -1.62. The van der Waals surface area contributed by atoms with Crippen molar-refractivity contribution in [2.45, 2.75) is 19.3 Å². The Morgan fingerprint density at radius 1 is 1.53 bits per heavy atom. The van der Waals surface area contributed by atoms with Crippen molar-refractivity contribution in [1.29, 1.82) is 0 Å². The quantitative estimate of drug-likeness (QED) is 0.829. The van der Waals surface area contributed by atoms with Crippen LogP contribution in [0.25, 0.3) is 0 Å². The molecule has 1 fully saturated rings. The van der Waals surface area contributed by atoms with Crippen molar-refractivity contribution < 1.29 is 24.3 Å². The highest BCUT2D eigenvalue weighted by atomic mass is 16.5. The van der Waals surface area contributed by atoms with Crippen LogP contribution in [0, 0.1) is 5.92 Å². The molecular weight excluding hydrogens is 252 g/mol. The van der Waals surface area contributed by atoms with Crippen LogP contribution in [0.4, 0.5) is 0 Å². The molecule has 7 heteroatoms. The van der Waals surface area contributed by atoms with Gasteiger partial charge < -0.3 is 19.6 Å². The van der Waals surface area contributed by atoms with Gasteiger partial charge in [0.2, 0.25) is 5.76 Å². The lowest BCUT2D eigenvalue weighted by Crippen LogP contribution is -2.40. The van der Waals surface area contributed by atoms with Crippen molar-refractivity contribution in [3.05, 3.63) is 17.5 Å². The van der Waals surface area contributed by atoms with Gasteiger partial charge in [0.05, 0.1) is 0 Å². The summed E-state index contributed by atoms with van der Waals surface area (Å²) in [6.45, 7) is 1.30. The second-order valence-corrected chi connectivity index (χ2v) is 4.65. The number of carboxylic acid groups (broad SMARTS) is 1. The summed E-state index contributed by atoms with van der Waals surface area (Å²) in [7, 11) is 0. The third-order valence-electron chi connectivity index (χ3n) is 3.28. The second-order valence-electron chi connectivity index (χ2n) is 4.65. The van der Waals surface area contributed by atoms with Gasteiger partial charge in [-0.15, -0.1) is 0 Å². The van der Waals surface area contributed by atoms with Gasteiger partial charge in [0.1, 0.15) is 0 Å². The van der Waals surface area contributed by atoms with Crippen LogP contribution in [0.15, 0.2) is 10.6 Å². The topological polar surface area (TPSA) is 104 Å². The summed E-state index contributed by atoms with van der Waals surface area (Å²) in [4.78, 5) is 24.4. The molecule has 2 N–H and O–H groups in total. The fraction of sp³-hybridized carbons (Fsp3) is 0.583. The first kappa shape index (κ1) is 13.5. The zero-order chi connectivity index (χ0) is 13.8. The fourth-order valence-electron chi connectivity index (χ4n) is 2.31. The third-order valence-corrected chi connectivity index (χ3v) is 3.28. The molecule has 1 aliphatic heterocycles. The van der Waals surface area contributed by atoms with Crippen LogP contribution >= 0.6 is 0 Å². The molecule has 1 aromatic heterocycles. The SMILES string of the molecule is O=C(O)c1cc(C(=O)N2CCCC(CCO)C2)no1. The highest BCUT2D eigenvalue weighted by molar-refractivity contribution is 5.94. The van der Waals surface area contributed by atoms with E-state index in [4.69, 9.17) is 10.2 Å². The Bertz CT molecular complexity index is 468. The number of rotatable bonds is 4. The molecule has 2 rings (SSSR count). The molecule has 1 aliphatic rings. The first-order valence-corrected chi connectivity index (χ1v) is 6.22. The van der Waals surface area contributed by atoms with Crippen LogP contribution in [-0.4, -0.2) is 51.8 Å². The van der Waals surface area contributed by atoms with Gasteiger partial charge in [-0.2, -0.15) is 0 Å². The molecule has 0 saturated carbocycles. The van der Waals surface area contributed by atoms with Crippen LogP contribution in [0.2, 0.25) is 0 Å². The van der Waals surface area contributed by atoms with Gasteiger partial charge in [-0.25, -0.2) is 4.79 Å². The first-order valence-electron chi connectivity index (χ1n) is 6.22. The smallest absolute Gasteiger partial charge is 0.374 e. The van der Waals surface area contributed by atoms with E-state index in [0.717, 1.165) is 18.9 Å². The molecule has 1 saturated heterocycles. The maximum atomic E-state index is 12.1. The number of carbonyl (C=O) groups excluding carboxylic acids is 1. The van der Waals surface area contributed by atoms with E-state index in [9.17, 15) is 9.59 Å². The lowest BCUT2D eigenvalue weighted by Gasteiger charge is -2.31. The highest BCUT2D eigenvalue weighted by Gasteiger charge is 2.26. The van der Waals surface area contributed by atoms with Crippen LogP contribution in [0.3, 0.4) is 0 Å². The lowest BCUT2D eigenvalue weighted by atomic mass is 9.95. The standard InChI is InChI=1S/C12H16N2O5/c15-5-3-8-2-1-4-14(7-8)11(16)9-6-10(12(17)18)19-13-9/h6,8,15H,1-5,7H2,(H,17,18). The molecule has 7 nitrogen and oxygen atoms in total. The Hall–Kier alpha value is -1.89. The van der Waals surface area contributed by atoms with Crippen molar-refractivity contribution in [2.75, 3.05) is 19.7 Å². The minimum Gasteiger partial charge on any atom is -0.475 e. The molecule has 1 atom stereocenters. The van der Waals surface area contributed by atoms with E-state index < -0.39 is 5.97 Å². The van der Waals surface area contributed by atoms with Gasteiger partial charge in [-0.3, -0.25) is 4.79 Å². The number of aromatic carboxylic acids is 1. The van der Waals surface area contributed by atoms with Crippen LogP contribution in [-0.2, 0) is 0 Å². The number of carboxylic acids is 1. The third kappa shape index (κ3) is 3.11. The molecule has 1 amide bonds. The number of hydrogen-bond acceptors (Lipinski definition) is 5. The molecular formula is C12H16N2O5. The lowest BCUT2D eigenvalue weighted by molar-refractivity contribution is 0.0630. The maximum absolute atomic E-state index is 12.1. The van der Waals surface area contributed by atoms with E-state index >= 15 is 0 Å². The first-order chi connectivity index (χ1) is 9.11. The summed E-state index contributed by atoms with van der Waals surface area (Å²) in [5, 5.41) is 21.1. The van der Waals surface area contributed by atoms with Gasteiger partial charge in [-0.1, -0.05) is 5.16 Å². The molecule has 1 aromatic rings. The molecule has 19 heavy (non-hydrogen) atoms. The molecule has 0 bridgehead atoms. The Morgan fingerprint density at radius 3 is 2.95 bits per heavy atom. The summed E-state index contributed by atoms with van der Waals surface area (Å²) < 4.78 is 4.58. The van der Waals surface area contributed by atoms with E-state index in [0.29, 0.717) is 19.5 Å². The van der Waals surface area contributed by atoms with Crippen molar-refractivity contribution in [2.24, 2.45) is 5.92 Å². The zero-order valence-corrected chi connectivity index (χ0v) is 10.4. The monoisotopic (exact) mass is 268 g/mol. The van der Waals surface area contributed by atoms with Gasteiger partial charge in [-0.05, 0) is 25.2 Å². The fourth-order valence-corrected chi connectivity index (χ4v) is 2.31. The normalized spacial score (nSPS) is 19.4. The average molecular weight is 268 g/mol. The number of aromatic nitrogens is 1. The predicted molar refractivity (Wildman–Crippen MR) is 63.8 cm³/mol. The van der Waals surface area contributed by atoms with Crippen LogP contribution < -0.4 is 0 Å². The number of likely N-dealkylation sites (tertiary alicyclic amines) is 1. The number of aliphatic hydroxyl groups is 1. The van der Waals surface area contributed by atoms with E-state index in [1.807, 2.05) is 0 Å². The van der Waals surface area contributed by atoms with Crippen molar-refractivity contribution in [3.63, 3.8) is 0 Å².